The molecule has 0 amide bonds. The molecular weight excluding hydrogens is 419 g/mol. The van der Waals surface area contributed by atoms with E-state index in [4.69, 9.17) is 4.74 Å². The Kier molecular flexibility index (Phi) is 7.48. The standard InChI is InChI=1S/C27H33FN2OS/c1-20(2)22-17-21(3)18-25(19-22)31-26(27-5-4-16-32-27)10-11-29-12-14-30(15-13-29)24-8-6-23(28)7-9-24/h4-9,16-20,26H,10-15H2,1-3H3/t26-/m1/s1. The van der Waals surface area contributed by atoms with Crippen LogP contribution in [-0.2, 0) is 0 Å². The SMILES string of the molecule is Cc1cc(O[C@H](CCN2CCN(c3ccc(F)cc3)CC2)c2cccs2)cc(C(C)C)c1. The molecule has 1 fully saturated rings. The van der Waals surface area contributed by atoms with Crippen LogP contribution in [0.5, 0.6) is 5.75 Å². The Morgan fingerprint density at radius 1 is 1.00 bits per heavy atom. The summed E-state index contributed by atoms with van der Waals surface area (Å²) in [5, 5.41) is 2.13. The molecule has 5 heteroatoms. The average Bonchev–Trinajstić information content (AvgIpc) is 3.32. The summed E-state index contributed by atoms with van der Waals surface area (Å²) < 4.78 is 19.8. The Morgan fingerprint density at radius 3 is 2.41 bits per heavy atom. The number of benzene rings is 2. The molecule has 0 radical (unpaired) electrons. The Morgan fingerprint density at radius 2 is 1.75 bits per heavy atom. The van der Waals surface area contributed by atoms with Crippen molar-refractivity contribution in [1.29, 1.82) is 0 Å². The highest BCUT2D eigenvalue weighted by Gasteiger charge is 2.21. The van der Waals surface area contributed by atoms with E-state index in [-0.39, 0.29) is 11.9 Å². The molecule has 1 aliphatic rings. The van der Waals surface area contributed by atoms with Crippen molar-refractivity contribution in [3.8, 4) is 5.75 Å². The molecule has 170 valence electrons. The highest BCUT2D eigenvalue weighted by atomic mass is 32.1. The Balaban J connectivity index is 1.37. The molecule has 1 saturated heterocycles. The monoisotopic (exact) mass is 452 g/mol. The Hall–Kier alpha value is -2.37. The number of thiophene rings is 1. The maximum Gasteiger partial charge on any atom is 0.134 e. The van der Waals surface area contributed by atoms with Gasteiger partial charge in [0.15, 0.2) is 0 Å². The lowest BCUT2D eigenvalue weighted by Crippen LogP contribution is -2.46. The van der Waals surface area contributed by atoms with Gasteiger partial charge in [0.2, 0.25) is 0 Å². The lowest BCUT2D eigenvalue weighted by atomic mass is 10.0. The minimum atomic E-state index is -0.180. The molecule has 1 aliphatic heterocycles. The van der Waals surface area contributed by atoms with E-state index in [0.717, 1.165) is 50.6 Å². The fraction of sp³-hybridized carbons (Fsp3) is 0.407. The van der Waals surface area contributed by atoms with Gasteiger partial charge in [-0.3, -0.25) is 4.90 Å². The summed E-state index contributed by atoms with van der Waals surface area (Å²) in [5.74, 6) is 1.27. The highest BCUT2D eigenvalue weighted by Crippen LogP contribution is 2.31. The van der Waals surface area contributed by atoms with Gasteiger partial charge in [-0.1, -0.05) is 26.0 Å². The lowest BCUT2D eigenvalue weighted by Gasteiger charge is -2.36. The van der Waals surface area contributed by atoms with E-state index in [1.807, 2.05) is 12.1 Å². The van der Waals surface area contributed by atoms with Crippen LogP contribution in [0.1, 0.15) is 48.3 Å². The summed E-state index contributed by atoms with van der Waals surface area (Å²) in [6.07, 6.45) is 1.02. The molecule has 0 spiro atoms. The van der Waals surface area contributed by atoms with Gasteiger partial charge in [0.05, 0.1) is 0 Å². The lowest BCUT2D eigenvalue weighted by molar-refractivity contribution is 0.162. The average molecular weight is 453 g/mol. The first-order valence-electron chi connectivity index (χ1n) is 11.5. The number of halogens is 1. The van der Waals surface area contributed by atoms with Gasteiger partial charge < -0.3 is 9.64 Å². The molecule has 1 atom stereocenters. The molecule has 0 aliphatic carbocycles. The Labute approximate surface area is 195 Å². The molecule has 0 bridgehead atoms. The number of anilines is 1. The molecule has 2 aromatic carbocycles. The normalized spacial score (nSPS) is 15.8. The van der Waals surface area contributed by atoms with Crippen molar-refractivity contribution in [2.45, 2.75) is 39.2 Å². The van der Waals surface area contributed by atoms with Gasteiger partial charge in [-0.2, -0.15) is 0 Å². The zero-order valence-electron chi connectivity index (χ0n) is 19.3. The number of aryl methyl sites for hydroxylation is 1. The van der Waals surface area contributed by atoms with E-state index in [0.29, 0.717) is 5.92 Å². The van der Waals surface area contributed by atoms with Gasteiger partial charge in [0, 0.05) is 49.7 Å². The van der Waals surface area contributed by atoms with Gasteiger partial charge in [0.1, 0.15) is 17.7 Å². The summed E-state index contributed by atoms with van der Waals surface area (Å²) in [7, 11) is 0. The molecule has 3 nitrogen and oxygen atoms in total. The van der Waals surface area contributed by atoms with Crippen LogP contribution in [0.4, 0.5) is 10.1 Å². The number of piperazine rings is 1. The second-order valence-corrected chi connectivity index (χ2v) is 9.93. The molecule has 32 heavy (non-hydrogen) atoms. The van der Waals surface area contributed by atoms with Crippen molar-refractivity contribution in [3.63, 3.8) is 0 Å². The molecule has 4 rings (SSSR count). The minimum Gasteiger partial charge on any atom is -0.485 e. The summed E-state index contributed by atoms with van der Waals surface area (Å²) in [6.45, 7) is 11.5. The number of ether oxygens (including phenoxy) is 1. The van der Waals surface area contributed by atoms with Crippen molar-refractivity contribution in [2.24, 2.45) is 0 Å². The van der Waals surface area contributed by atoms with Crippen LogP contribution in [0, 0.1) is 12.7 Å². The first kappa shape index (κ1) is 22.8. The van der Waals surface area contributed by atoms with Crippen LogP contribution in [0.3, 0.4) is 0 Å². The third-order valence-electron chi connectivity index (χ3n) is 6.15. The van der Waals surface area contributed by atoms with Crippen molar-refractivity contribution in [3.05, 3.63) is 81.8 Å². The van der Waals surface area contributed by atoms with E-state index in [2.05, 4.69) is 66.3 Å². The summed E-state index contributed by atoms with van der Waals surface area (Å²) in [6, 6.07) is 17.7. The smallest absolute Gasteiger partial charge is 0.134 e. The topological polar surface area (TPSA) is 15.7 Å². The predicted octanol–water partition coefficient (Wildman–Crippen LogP) is 6.65. The van der Waals surface area contributed by atoms with Gasteiger partial charge >= 0.3 is 0 Å². The van der Waals surface area contributed by atoms with Crippen LogP contribution in [0.25, 0.3) is 0 Å². The van der Waals surface area contributed by atoms with Gasteiger partial charge in [-0.25, -0.2) is 4.39 Å². The zero-order chi connectivity index (χ0) is 22.5. The molecule has 1 aromatic heterocycles. The zero-order valence-corrected chi connectivity index (χ0v) is 20.1. The van der Waals surface area contributed by atoms with Crippen molar-refractivity contribution in [2.75, 3.05) is 37.6 Å². The number of nitrogens with zero attached hydrogens (tertiary/aromatic N) is 2. The quantitative estimate of drug-likeness (QED) is 0.380. The van der Waals surface area contributed by atoms with E-state index in [1.54, 1.807) is 23.5 Å². The van der Waals surface area contributed by atoms with Crippen LogP contribution >= 0.6 is 11.3 Å². The predicted molar refractivity (Wildman–Crippen MR) is 133 cm³/mol. The van der Waals surface area contributed by atoms with Crippen LogP contribution < -0.4 is 9.64 Å². The Bertz CT molecular complexity index is 979. The summed E-state index contributed by atoms with van der Waals surface area (Å²) in [4.78, 5) is 6.13. The molecule has 0 unspecified atom stereocenters. The van der Waals surface area contributed by atoms with E-state index in [9.17, 15) is 4.39 Å². The van der Waals surface area contributed by atoms with Crippen LogP contribution in [0.15, 0.2) is 60.0 Å². The van der Waals surface area contributed by atoms with Gasteiger partial charge in [0.25, 0.3) is 0 Å². The maximum absolute atomic E-state index is 13.2. The number of hydrogen-bond acceptors (Lipinski definition) is 4. The first-order chi connectivity index (χ1) is 15.5. The highest BCUT2D eigenvalue weighted by molar-refractivity contribution is 7.10. The third-order valence-corrected chi connectivity index (χ3v) is 7.11. The van der Waals surface area contributed by atoms with Crippen molar-refractivity contribution in [1.82, 2.24) is 4.90 Å². The van der Waals surface area contributed by atoms with Crippen molar-refractivity contribution >= 4 is 17.0 Å². The molecule has 0 N–H and O–H groups in total. The summed E-state index contributed by atoms with van der Waals surface area (Å²) >= 11 is 1.77. The van der Waals surface area contributed by atoms with E-state index in [1.165, 1.54) is 16.0 Å². The van der Waals surface area contributed by atoms with Gasteiger partial charge in [-0.15, -0.1) is 11.3 Å². The molecule has 0 saturated carbocycles. The fourth-order valence-corrected chi connectivity index (χ4v) is 5.05. The molecule has 3 aromatic rings. The molecular formula is C27H33FN2OS. The number of rotatable bonds is 8. The van der Waals surface area contributed by atoms with Crippen LogP contribution in [-0.4, -0.2) is 37.6 Å². The maximum atomic E-state index is 13.2. The molecule has 2 heterocycles. The largest absolute Gasteiger partial charge is 0.485 e. The summed E-state index contributed by atoms with van der Waals surface area (Å²) in [5.41, 5.74) is 3.67. The second-order valence-electron chi connectivity index (χ2n) is 8.95. The van der Waals surface area contributed by atoms with E-state index < -0.39 is 0 Å². The van der Waals surface area contributed by atoms with Crippen LogP contribution in [0.2, 0.25) is 0 Å². The first-order valence-corrected chi connectivity index (χ1v) is 12.4. The fourth-order valence-electron chi connectivity index (χ4n) is 4.26. The van der Waals surface area contributed by atoms with Crippen molar-refractivity contribution < 1.29 is 9.13 Å². The minimum absolute atomic E-state index is 0.0620. The van der Waals surface area contributed by atoms with E-state index >= 15 is 0 Å². The van der Waals surface area contributed by atoms with Gasteiger partial charge in [-0.05, 0) is 71.8 Å². The second kappa shape index (κ2) is 10.5. The third kappa shape index (κ3) is 5.90. The number of hydrogen-bond donors (Lipinski definition) is 0.